The summed E-state index contributed by atoms with van der Waals surface area (Å²) in [5.74, 6) is 0.618. The quantitative estimate of drug-likeness (QED) is 0.782. The molecule has 0 aliphatic rings. The number of aliphatic hydroxyl groups is 1. The molecule has 0 spiro atoms. The highest BCUT2D eigenvalue weighted by atomic mass is 19.1. The largest absolute Gasteiger partial charge is 0.496 e. The Labute approximate surface area is 110 Å². The fourth-order valence-corrected chi connectivity index (χ4v) is 1.87. The Hall–Kier alpha value is -1.92. The van der Waals surface area contributed by atoms with E-state index >= 15 is 0 Å². The van der Waals surface area contributed by atoms with Gasteiger partial charge >= 0.3 is 0 Å². The highest BCUT2D eigenvalue weighted by molar-refractivity contribution is 5.69. The van der Waals surface area contributed by atoms with E-state index < -0.39 is 6.04 Å². The van der Waals surface area contributed by atoms with Crippen LogP contribution in [0.4, 0.5) is 4.39 Å². The van der Waals surface area contributed by atoms with Crippen LogP contribution in [-0.2, 0) is 0 Å². The van der Waals surface area contributed by atoms with Gasteiger partial charge in [-0.25, -0.2) is 9.37 Å². The Morgan fingerprint density at radius 1 is 1.53 bits per heavy atom. The summed E-state index contributed by atoms with van der Waals surface area (Å²) in [5.41, 5.74) is 7.56. The van der Waals surface area contributed by atoms with Gasteiger partial charge in [0.2, 0.25) is 0 Å². The molecule has 0 aliphatic heterocycles. The average molecular weight is 265 g/mol. The number of hydrogen-bond donors (Lipinski definition) is 3. The topological polar surface area (TPSA) is 84.2 Å². The maximum atomic E-state index is 13.4. The number of aliphatic hydroxyl groups excluding tert-OH is 1. The summed E-state index contributed by atoms with van der Waals surface area (Å²) < 4.78 is 18.6. The third-order valence-electron chi connectivity index (χ3n) is 2.87. The van der Waals surface area contributed by atoms with Crippen LogP contribution in [0.5, 0.6) is 5.75 Å². The number of hydrogen-bond acceptors (Lipinski definition) is 4. The predicted molar refractivity (Wildman–Crippen MR) is 69.3 cm³/mol. The van der Waals surface area contributed by atoms with Crippen LogP contribution in [0.3, 0.4) is 0 Å². The molecule has 5 nitrogen and oxygen atoms in total. The fourth-order valence-electron chi connectivity index (χ4n) is 1.87. The first kappa shape index (κ1) is 13.5. The Morgan fingerprint density at radius 2 is 2.26 bits per heavy atom. The third-order valence-corrected chi connectivity index (χ3v) is 2.87. The summed E-state index contributed by atoms with van der Waals surface area (Å²) in [6.07, 6.45) is 0. The normalized spacial score (nSPS) is 12.5. The van der Waals surface area contributed by atoms with E-state index in [4.69, 9.17) is 15.6 Å². The summed E-state index contributed by atoms with van der Waals surface area (Å²) in [6.45, 7) is 1.59. The maximum absolute atomic E-state index is 13.4. The minimum absolute atomic E-state index is 0.216. The zero-order chi connectivity index (χ0) is 14.0. The zero-order valence-corrected chi connectivity index (χ0v) is 10.8. The molecule has 1 aromatic heterocycles. The minimum atomic E-state index is -0.591. The van der Waals surface area contributed by atoms with Crippen molar-refractivity contribution in [3.8, 4) is 17.0 Å². The summed E-state index contributed by atoms with van der Waals surface area (Å²) in [5, 5.41) is 9.03. The molecule has 6 heteroatoms. The number of H-pyrrole nitrogens is 1. The predicted octanol–water partition coefficient (Wildman–Crippen LogP) is 1.52. The van der Waals surface area contributed by atoms with Gasteiger partial charge in [0.1, 0.15) is 17.4 Å². The fraction of sp³-hybridized carbons (Fsp3) is 0.308. The number of imidazole rings is 1. The van der Waals surface area contributed by atoms with Gasteiger partial charge in [0.25, 0.3) is 0 Å². The monoisotopic (exact) mass is 265 g/mol. The van der Waals surface area contributed by atoms with Gasteiger partial charge in [-0.15, -0.1) is 0 Å². The molecule has 0 amide bonds. The molecule has 2 aromatic rings. The molecule has 1 aromatic carbocycles. The molecule has 0 saturated carbocycles. The average Bonchev–Trinajstić information content (AvgIpc) is 2.79. The molecular weight excluding hydrogens is 249 g/mol. The number of benzene rings is 1. The molecule has 1 atom stereocenters. The molecule has 0 aliphatic carbocycles. The van der Waals surface area contributed by atoms with Crippen molar-refractivity contribution >= 4 is 0 Å². The molecule has 2 rings (SSSR count). The first-order valence-electron chi connectivity index (χ1n) is 5.83. The lowest BCUT2D eigenvalue weighted by Gasteiger charge is -2.07. The lowest BCUT2D eigenvalue weighted by molar-refractivity contribution is 0.264. The van der Waals surface area contributed by atoms with Crippen molar-refractivity contribution in [2.45, 2.75) is 13.0 Å². The summed E-state index contributed by atoms with van der Waals surface area (Å²) in [4.78, 5) is 7.30. The van der Waals surface area contributed by atoms with E-state index in [1.54, 1.807) is 13.0 Å². The summed E-state index contributed by atoms with van der Waals surface area (Å²) in [7, 11) is 1.51. The number of nitrogens with two attached hydrogens (primary N) is 1. The molecule has 0 bridgehead atoms. The molecule has 19 heavy (non-hydrogen) atoms. The molecule has 0 saturated heterocycles. The second-order valence-corrected chi connectivity index (χ2v) is 4.23. The summed E-state index contributed by atoms with van der Waals surface area (Å²) in [6, 6.07) is 3.64. The molecule has 0 fully saturated rings. The van der Waals surface area contributed by atoms with Crippen molar-refractivity contribution in [2.24, 2.45) is 5.73 Å². The van der Waals surface area contributed by atoms with Crippen LogP contribution in [0.25, 0.3) is 11.3 Å². The van der Waals surface area contributed by atoms with Gasteiger partial charge in [-0.05, 0) is 25.1 Å². The van der Waals surface area contributed by atoms with Gasteiger partial charge in [0.15, 0.2) is 0 Å². The van der Waals surface area contributed by atoms with Gasteiger partial charge in [-0.3, -0.25) is 0 Å². The highest BCUT2D eigenvalue weighted by Crippen LogP contribution is 2.32. The van der Waals surface area contributed by atoms with Crippen molar-refractivity contribution in [3.05, 3.63) is 35.5 Å². The van der Waals surface area contributed by atoms with Gasteiger partial charge in [0.05, 0.1) is 25.5 Å². The lowest BCUT2D eigenvalue weighted by atomic mass is 10.1. The molecule has 4 N–H and O–H groups in total. The van der Waals surface area contributed by atoms with Crippen LogP contribution in [0.2, 0.25) is 0 Å². The van der Waals surface area contributed by atoms with E-state index in [0.29, 0.717) is 22.8 Å². The van der Waals surface area contributed by atoms with Crippen LogP contribution >= 0.6 is 0 Å². The van der Waals surface area contributed by atoms with E-state index in [0.717, 1.165) is 5.69 Å². The van der Waals surface area contributed by atoms with E-state index in [-0.39, 0.29) is 12.4 Å². The summed E-state index contributed by atoms with van der Waals surface area (Å²) >= 11 is 0. The minimum Gasteiger partial charge on any atom is -0.496 e. The number of methoxy groups -OCH3 is 1. The van der Waals surface area contributed by atoms with Crippen LogP contribution in [0.15, 0.2) is 18.2 Å². The van der Waals surface area contributed by atoms with E-state index in [1.165, 1.54) is 19.2 Å². The van der Waals surface area contributed by atoms with Crippen molar-refractivity contribution in [1.82, 2.24) is 9.97 Å². The number of halogens is 1. The number of ether oxygens (including phenoxy) is 1. The Kier molecular flexibility index (Phi) is 3.82. The van der Waals surface area contributed by atoms with Gasteiger partial charge in [0, 0.05) is 11.3 Å². The van der Waals surface area contributed by atoms with Gasteiger partial charge in [-0.2, -0.15) is 0 Å². The number of nitrogens with zero attached hydrogens (tertiary/aromatic N) is 1. The Bertz CT molecular complexity index is 583. The Morgan fingerprint density at radius 3 is 2.89 bits per heavy atom. The standard InChI is InChI=1S/C13H16FN3O2/c1-7-12(17-13(16-7)10(15)6-18)9-5-8(14)3-4-11(9)19-2/h3-5,10,18H,6,15H2,1-2H3,(H,16,17). The highest BCUT2D eigenvalue weighted by Gasteiger charge is 2.17. The number of nitrogens with one attached hydrogen (secondary N) is 1. The van der Waals surface area contributed by atoms with Crippen molar-refractivity contribution in [1.29, 1.82) is 0 Å². The van der Waals surface area contributed by atoms with E-state index in [9.17, 15) is 4.39 Å². The Balaban J connectivity index is 2.52. The van der Waals surface area contributed by atoms with Crippen molar-refractivity contribution in [2.75, 3.05) is 13.7 Å². The molecular formula is C13H16FN3O2. The molecule has 102 valence electrons. The van der Waals surface area contributed by atoms with E-state index in [2.05, 4.69) is 9.97 Å². The van der Waals surface area contributed by atoms with Crippen LogP contribution < -0.4 is 10.5 Å². The third kappa shape index (κ3) is 2.59. The number of aromatic amines is 1. The SMILES string of the molecule is COc1ccc(F)cc1-c1nc(C(N)CO)[nH]c1C. The van der Waals surface area contributed by atoms with Crippen LogP contribution in [0.1, 0.15) is 17.6 Å². The first-order chi connectivity index (χ1) is 9.06. The first-order valence-corrected chi connectivity index (χ1v) is 5.83. The van der Waals surface area contributed by atoms with E-state index in [1.807, 2.05) is 0 Å². The smallest absolute Gasteiger partial charge is 0.128 e. The number of aryl methyl sites for hydroxylation is 1. The molecule has 0 radical (unpaired) electrons. The second-order valence-electron chi connectivity index (χ2n) is 4.23. The molecule has 1 heterocycles. The van der Waals surface area contributed by atoms with Crippen LogP contribution in [0, 0.1) is 12.7 Å². The second kappa shape index (κ2) is 5.38. The maximum Gasteiger partial charge on any atom is 0.128 e. The van der Waals surface area contributed by atoms with Crippen LogP contribution in [-0.4, -0.2) is 28.8 Å². The zero-order valence-electron chi connectivity index (χ0n) is 10.8. The number of aromatic nitrogens is 2. The number of rotatable bonds is 4. The van der Waals surface area contributed by atoms with Gasteiger partial charge in [-0.1, -0.05) is 0 Å². The molecule has 1 unspecified atom stereocenters. The van der Waals surface area contributed by atoms with Gasteiger partial charge < -0.3 is 20.6 Å². The van der Waals surface area contributed by atoms with Crippen molar-refractivity contribution in [3.63, 3.8) is 0 Å². The van der Waals surface area contributed by atoms with Crippen molar-refractivity contribution < 1.29 is 14.2 Å². The lowest BCUT2D eigenvalue weighted by Crippen LogP contribution is -2.16.